The van der Waals surface area contributed by atoms with Gasteiger partial charge in [-0.1, -0.05) is 12.1 Å². The summed E-state index contributed by atoms with van der Waals surface area (Å²) in [6, 6.07) is 6.15. The molecule has 83 valence electrons. The van der Waals surface area contributed by atoms with E-state index in [2.05, 4.69) is 11.7 Å². The van der Waals surface area contributed by atoms with Crippen LogP contribution in [0.15, 0.2) is 24.3 Å². The number of halogens is 3. The van der Waals surface area contributed by atoms with Gasteiger partial charge in [-0.05, 0) is 19.1 Å². The van der Waals surface area contributed by atoms with E-state index in [1.165, 1.54) is 12.1 Å². The summed E-state index contributed by atoms with van der Waals surface area (Å²) in [4.78, 5) is 0. The second-order valence-electron chi connectivity index (χ2n) is 2.70. The second-order valence-corrected chi connectivity index (χ2v) is 2.70. The van der Waals surface area contributed by atoms with Gasteiger partial charge < -0.3 is 9.47 Å². The number of rotatable bonds is 4. The van der Waals surface area contributed by atoms with Gasteiger partial charge in [0.1, 0.15) is 0 Å². The lowest BCUT2D eigenvalue weighted by atomic mass is 10.3. The molecular formula is C10H10F3O2. The minimum atomic E-state index is -4.35. The van der Waals surface area contributed by atoms with Crippen LogP contribution in [-0.2, 0) is 0 Å². The van der Waals surface area contributed by atoms with Crippen LogP contribution >= 0.6 is 0 Å². The number of alkyl halides is 3. The minimum Gasteiger partial charge on any atom is -0.490 e. The van der Waals surface area contributed by atoms with Crippen LogP contribution in [0.1, 0.15) is 0 Å². The van der Waals surface area contributed by atoms with Crippen LogP contribution in [0, 0.1) is 6.92 Å². The van der Waals surface area contributed by atoms with Gasteiger partial charge in [0.2, 0.25) is 0 Å². The molecule has 1 aromatic carbocycles. The molecule has 0 amide bonds. The van der Waals surface area contributed by atoms with Crippen LogP contribution in [0.5, 0.6) is 11.5 Å². The molecular weight excluding hydrogens is 209 g/mol. The zero-order chi connectivity index (χ0) is 11.3. The Morgan fingerprint density at radius 3 is 2.07 bits per heavy atom. The summed E-state index contributed by atoms with van der Waals surface area (Å²) in [5.41, 5.74) is 0. The van der Waals surface area contributed by atoms with Crippen LogP contribution in [0.2, 0.25) is 0 Å². The molecule has 0 spiro atoms. The molecule has 0 aliphatic carbocycles. The zero-order valence-corrected chi connectivity index (χ0v) is 7.88. The Bertz CT molecular complexity index is 310. The smallest absolute Gasteiger partial charge is 0.422 e. The predicted octanol–water partition coefficient (Wildman–Crippen LogP) is 2.84. The maximum absolute atomic E-state index is 11.9. The van der Waals surface area contributed by atoms with E-state index in [0.717, 1.165) is 0 Å². The average molecular weight is 219 g/mol. The van der Waals surface area contributed by atoms with E-state index in [-0.39, 0.29) is 18.1 Å². The summed E-state index contributed by atoms with van der Waals surface area (Å²) in [6.07, 6.45) is -4.35. The molecule has 0 atom stereocenters. The Hall–Kier alpha value is -1.39. The van der Waals surface area contributed by atoms with Gasteiger partial charge in [-0.3, -0.25) is 0 Å². The molecule has 0 fully saturated rings. The van der Waals surface area contributed by atoms with Crippen LogP contribution in [0.3, 0.4) is 0 Å². The van der Waals surface area contributed by atoms with Crippen molar-refractivity contribution in [3.63, 3.8) is 0 Å². The van der Waals surface area contributed by atoms with Gasteiger partial charge in [0.15, 0.2) is 18.1 Å². The van der Waals surface area contributed by atoms with Crippen molar-refractivity contribution in [2.75, 3.05) is 13.2 Å². The van der Waals surface area contributed by atoms with Crippen LogP contribution in [0.4, 0.5) is 13.2 Å². The van der Waals surface area contributed by atoms with Crippen LogP contribution in [-0.4, -0.2) is 19.4 Å². The van der Waals surface area contributed by atoms with Crippen molar-refractivity contribution in [2.24, 2.45) is 0 Å². The number of para-hydroxylation sites is 2. The van der Waals surface area contributed by atoms with Crippen molar-refractivity contribution >= 4 is 0 Å². The quantitative estimate of drug-likeness (QED) is 0.775. The van der Waals surface area contributed by atoms with Gasteiger partial charge in [-0.2, -0.15) is 13.2 Å². The first-order valence-electron chi connectivity index (χ1n) is 4.23. The Kier molecular flexibility index (Phi) is 3.82. The van der Waals surface area contributed by atoms with Crippen molar-refractivity contribution in [3.05, 3.63) is 31.2 Å². The highest BCUT2D eigenvalue weighted by molar-refractivity contribution is 5.39. The third-order valence-corrected chi connectivity index (χ3v) is 1.50. The first-order valence-corrected chi connectivity index (χ1v) is 4.23. The van der Waals surface area contributed by atoms with Crippen molar-refractivity contribution in [1.82, 2.24) is 0 Å². The maximum atomic E-state index is 11.9. The van der Waals surface area contributed by atoms with E-state index in [4.69, 9.17) is 4.74 Å². The summed E-state index contributed by atoms with van der Waals surface area (Å²) < 4.78 is 45.2. The molecule has 1 rings (SSSR count). The summed E-state index contributed by atoms with van der Waals surface area (Å²) in [5.74, 6) is 0.329. The fourth-order valence-corrected chi connectivity index (χ4v) is 0.958. The third-order valence-electron chi connectivity index (χ3n) is 1.50. The molecule has 0 aromatic heterocycles. The Morgan fingerprint density at radius 2 is 1.60 bits per heavy atom. The molecule has 0 aliphatic rings. The first kappa shape index (κ1) is 11.7. The molecule has 0 saturated carbocycles. The summed E-state index contributed by atoms with van der Waals surface area (Å²) in [7, 11) is 0. The highest BCUT2D eigenvalue weighted by Crippen LogP contribution is 2.28. The summed E-state index contributed by atoms with van der Waals surface area (Å²) >= 11 is 0. The fraction of sp³-hybridized carbons (Fsp3) is 0.300. The second kappa shape index (κ2) is 4.91. The molecule has 0 N–H and O–H groups in total. The van der Waals surface area contributed by atoms with Gasteiger partial charge in [0.25, 0.3) is 0 Å². The van der Waals surface area contributed by atoms with Gasteiger partial charge >= 0.3 is 6.18 Å². The highest BCUT2D eigenvalue weighted by Gasteiger charge is 2.28. The van der Waals surface area contributed by atoms with E-state index < -0.39 is 12.8 Å². The van der Waals surface area contributed by atoms with E-state index in [1.807, 2.05) is 0 Å². The molecule has 0 aliphatic heterocycles. The molecule has 1 aromatic rings. The van der Waals surface area contributed by atoms with Gasteiger partial charge in [-0.15, -0.1) is 0 Å². The van der Waals surface area contributed by atoms with E-state index in [1.54, 1.807) is 12.1 Å². The van der Waals surface area contributed by atoms with Crippen LogP contribution < -0.4 is 9.47 Å². The largest absolute Gasteiger partial charge is 0.490 e. The lowest BCUT2D eigenvalue weighted by Gasteiger charge is -2.12. The summed E-state index contributed by atoms with van der Waals surface area (Å²) in [6.45, 7) is 2.23. The fourth-order valence-electron chi connectivity index (χ4n) is 0.958. The zero-order valence-electron chi connectivity index (χ0n) is 7.88. The normalized spacial score (nSPS) is 11.2. The van der Waals surface area contributed by atoms with Crippen molar-refractivity contribution in [3.8, 4) is 11.5 Å². The lowest BCUT2D eigenvalue weighted by Crippen LogP contribution is -2.19. The molecule has 2 nitrogen and oxygen atoms in total. The highest BCUT2D eigenvalue weighted by atomic mass is 19.4. The molecule has 0 heterocycles. The minimum absolute atomic E-state index is 0.0680. The topological polar surface area (TPSA) is 18.5 Å². The van der Waals surface area contributed by atoms with E-state index in [9.17, 15) is 13.2 Å². The van der Waals surface area contributed by atoms with E-state index in [0.29, 0.717) is 0 Å². The number of ether oxygens (including phenoxy) is 2. The number of hydrogen-bond acceptors (Lipinski definition) is 2. The third kappa shape index (κ3) is 4.10. The van der Waals surface area contributed by atoms with Crippen LogP contribution in [0.25, 0.3) is 0 Å². The molecule has 15 heavy (non-hydrogen) atoms. The first-order chi connectivity index (χ1) is 7.03. The lowest BCUT2D eigenvalue weighted by molar-refractivity contribution is -0.153. The molecule has 0 saturated heterocycles. The Morgan fingerprint density at radius 1 is 1.07 bits per heavy atom. The standard InChI is InChI=1S/C10H10F3O2/c1-2-14-8-5-3-4-6-9(8)15-7-10(11,12)13/h3-6H,1-2,7H2. The Balaban J connectivity index is 2.67. The molecule has 0 bridgehead atoms. The maximum Gasteiger partial charge on any atom is 0.422 e. The van der Waals surface area contributed by atoms with Crippen molar-refractivity contribution in [1.29, 1.82) is 0 Å². The predicted molar refractivity (Wildman–Crippen MR) is 48.8 cm³/mol. The molecule has 5 heteroatoms. The molecule has 0 unspecified atom stereocenters. The van der Waals surface area contributed by atoms with Crippen molar-refractivity contribution < 1.29 is 22.6 Å². The van der Waals surface area contributed by atoms with Gasteiger partial charge in [0.05, 0.1) is 6.61 Å². The monoisotopic (exact) mass is 219 g/mol. The summed E-state index contributed by atoms with van der Waals surface area (Å²) in [5, 5.41) is 0. The van der Waals surface area contributed by atoms with E-state index >= 15 is 0 Å². The SMILES string of the molecule is [CH2]COc1ccccc1OCC(F)(F)F. The molecule has 1 radical (unpaired) electrons. The van der Waals surface area contributed by atoms with Crippen molar-refractivity contribution in [2.45, 2.75) is 6.18 Å². The average Bonchev–Trinajstić information content (AvgIpc) is 2.16. The number of benzene rings is 1. The Labute approximate surface area is 85.6 Å². The van der Waals surface area contributed by atoms with Gasteiger partial charge in [-0.25, -0.2) is 0 Å². The number of hydrogen-bond donors (Lipinski definition) is 0. The van der Waals surface area contributed by atoms with Gasteiger partial charge in [0, 0.05) is 0 Å².